The van der Waals surface area contributed by atoms with E-state index in [2.05, 4.69) is 43.6 Å². The number of methoxy groups -OCH3 is 3. The zero-order valence-corrected chi connectivity index (χ0v) is 54.6. The van der Waals surface area contributed by atoms with Crippen LogP contribution < -0.4 is 29.1 Å². The Labute approximate surface area is 555 Å². The third kappa shape index (κ3) is 16.3. The number of hydrogen-bond acceptors (Lipinski definition) is 17. The van der Waals surface area contributed by atoms with Crippen LogP contribution in [0.3, 0.4) is 0 Å². The molecule has 2 amide bonds. The first-order valence-corrected chi connectivity index (χ1v) is 33.4. The number of anilines is 1. The van der Waals surface area contributed by atoms with Crippen LogP contribution in [0.2, 0.25) is 5.02 Å². The highest BCUT2D eigenvalue weighted by molar-refractivity contribution is 7.92. The number of ether oxygens (including phenoxy) is 9. The number of nitrogens with zero attached hydrogens (tertiary/aromatic N) is 5. The molecule has 514 valence electrons. The molecule has 1 spiro atoms. The first kappa shape index (κ1) is 72.6. The van der Waals surface area contributed by atoms with Crippen molar-refractivity contribution in [2.75, 3.05) is 97.9 Å². The number of aromatic carboxylic acids is 1. The summed E-state index contributed by atoms with van der Waals surface area (Å²) in [6.45, 7) is 14.7. The van der Waals surface area contributed by atoms with Gasteiger partial charge in [0.25, 0.3) is 11.8 Å². The highest BCUT2D eigenvalue weighted by atomic mass is 35.5. The quantitative estimate of drug-likeness (QED) is 0.0790. The number of aliphatic carboxylic acids is 1. The average molecular weight is 1350 g/mol. The molecule has 3 aromatic heterocycles. The number of nitrogens with one attached hydrogen (secondary N) is 2. The van der Waals surface area contributed by atoms with E-state index in [-0.39, 0.29) is 56.2 Å². The van der Waals surface area contributed by atoms with Gasteiger partial charge in [0.05, 0.1) is 103 Å². The molecule has 9 heterocycles. The van der Waals surface area contributed by atoms with Crippen molar-refractivity contribution < 1.29 is 81.0 Å². The van der Waals surface area contributed by atoms with Crippen LogP contribution in [-0.4, -0.2) is 163 Å². The second kappa shape index (κ2) is 32.5. The van der Waals surface area contributed by atoms with Crippen molar-refractivity contribution in [3.05, 3.63) is 128 Å². The van der Waals surface area contributed by atoms with Gasteiger partial charge in [0.2, 0.25) is 11.8 Å². The fraction of sp³-hybridized carbons (Fsp3) is 0.544. The summed E-state index contributed by atoms with van der Waals surface area (Å²) in [5.41, 5.74) is 7.99. The Balaban J connectivity index is 0.000000222. The maximum Gasteiger partial charge on any atom is 0.343 e. The molecule has 2 unspecified atom stereocenters. The summed E-state index contributed by atoms with van der Waals surface area (Å²) in [5, 5.41) is 20.8. The predicted octanol–water partition coefficient (Wildman–Crippen LogP) is 9.30. The highest BCUT2D eigenvalue weighted by Crippen LogP contribution is 2.47. The van der Waals surface area contributed by atoms with Gasteiger partial charge in [-0.2, -0.15) is 0 Å². The normalized spacial score (nSPS) is 24.5. The van der Waals surface area contributed by atoms with Crippen molar-refractivity contribution in [3.63, 3.8) is 0 Å². The smallest absolute Gasteiger partial charge is 0.343 e. The van der Waals surface area contributed by atoms with Crippen molar-refractivity contribution in [3.8, 4) is 17.5 Å². The number of carbonyl (C=O) groups is 5. The number of morpholine rings is 1. The summed E-state index contributed by atoms with van der Waals surface area (Å²) >= 11 is 6.47. The van der Waals surface area contributed by atoms with E-state index in [0.717, 1.165) is 78.5 Å². The number of carbonyl (C=O) groups excluding carboxylic acids is 3. The number of halogens is 1. The standard InChI is InChI=1S/C41H49ClN4O6S.C11H15NO4.C9H11NO4.C5H9NO3.2CH4/c1-26-6-4-8-37(50-3)32-12-9-30(32)20-46-24-41(15-5-7-28-18-31(42)11-13-34(28)41)25-52-38-14-10-29(19-35(38)46)39(47)43-53(49,23-26)44-40(48)33-21-45-16-17-51-22-36(45)27(33)2;1-3-16-11(13)9-6-8-7-15-5-4-12(8)10(9)14-2;1-13-8-7(9(11)12)4-6-5-14-3-2-10(6)8;7-5(8)4-3-9-2-1-6-4;;/h4,8,10-11,13-14,18-19,21,26,30,32,37H,5-7,9,12,15-17,20,22-25H2,1-3H3,(H,43,44,47,48,49);6H,3-5,7H2,1-2H3;4H,2-3,5H2,1H3,(H,11,12);4,6H,1-3H2,(H,7,8);2*1H4/b8-4+;;;;;/t26-,30-,32+,37-,41-,53?;;;;;/m0...../s1. The van der Waals surface area contributed by atoms with Gasteiger partial charge in [0.15, 0.2) is 0 Å². The lowest BCUT2D eigenvalue weighted by Crippen LogP contribution is -2.49. The molecule has 26 heteroatoms. The molecule has 4 N–H and O–H groups in total. The molecule has 0 radical (unpaired) electrons. The second-order valence-corrected chi connectivity index (χ2v) is 26.7. The Morgan fingerprint density at radius 3 is 2.20 bits per heavy atom. The summed E-state index contributed by atoms with van der Waals surface area (Å²) in [5.74, 6) is -1.02. The molecule has 1 saturated heterocycles. The third-order valence-corrected chi connectivity index (χ3v) is 20.4. The van der Waals surface area contributed by atoms with Gasteiger partial charge in [-0.3, -0.25) is 19.1 Å². The number of hydrogen-bond donors (Lipinski definition) is 4. The summed E-state index contributed by atoms with van der Waals surface area (Å²) in [6.07, 6.45) is 11.7. The minimum absolute atomic E-state index is 0. The topological polar surface area (TPSA) is 280 Å². The Bertz CT molecular complexity index is 3680. The van der Waals surface area contributed by atoms with Gasteiger partial charge in [-0.25, -0.2) is 13.8 Å². The van der Waals surface area contributed by atoms with Crippen LogP contribution >= 0.6 is 11.6 Å². The summed E-state index contributed by atoms with van der Waals surface area (Å²) in [7, 11) is 1.26. The Hall–Kier alpha value is -7.23. The van der Waals surface area contributed by atoms with Crippen LogP contribution in [0, 0.1) is 24.7 Å². The van der Waals surface area contributed by atoms with Crippen LogP contribution in [0.25, 0.3) is 0 Å². The highest BCUT2D eigenvalue weighted by Gasteiger charge is 2.45. The predicted molar refractivity (Wildman–Crippen MR) is 354 cm³/mol. The molecule has 7 atom stereocenters. The lowest BCUT2D eigenvalue weighted by atomic mass is 9.68. The number of benzene rings is 2. The van der Waals surface area contributed by atoms with E-state index in [1.54, 1.807) is 45.5 Å². The van der Waals surface area contributed by atoms with Crippen LogP contribution in [0.4, 0.5) is 5.69 Å². The summed E-state index contributed by atoms with van der Waals surface area (Å²) in [6, 6.07) is 14.5. The van der Waals surface area contributed by atoms with Crippen molar-refractivity contribution in [1.82, 2.24) is 23.7 Å². The fourth-order valence-corrected chi connectivity index (χ4v) is 15.5. The van der Waals surface area contributed by atoms with Crippen molar-refractivity contribution >= 4 is 56.9 Å². The summed E-state index contributed by atoms with van der Waals surface area (Å²) in [4.78, 5) is 63.1. The van der Waals surface area contributed by atoms with Gasteiger partial charge in [-0.15, -0.1) is 4.36 Å². The van der Waals surface area contributed by atoms with Crippen molar-refractivity contribution in [2.24, 2.45) is 22.1 Å². The van der Waals surface area contributed by atoms with E-state index in [1.165, 1.54) is 18.2 Å². The SMILES string of the molecule is C.C.CCOC(=O)c1cc2n(c1OC)CCOC2.CO[C@H]1/C=C/C[C@H](C)CS(=O)(NC(=O)c2cn3c(c2C)COCC3)=NC(=O)c2ccc3c(c2)N(C[C@@H]2CC[C@H]21)C[C@@]1(CCCc2cc(Cl)ccc21)CO3.COc1c(C(=O)O)cc2n1CCOC2.O=C(O)C1COCCN1. The molecule has 5 aromatic rings. The molecule has 2 aliphatic carbocycles. The summed E-state index contributed by atoms with van der Waals surface area (Å²) < 4.78 is 76.8. The number of esters is 1. The average Bonchev–Trinajstić information content (AvgIpc) is 1.41. The molecule has 13 rings (SSSR count). The number of aryl methyl sites for hydroxylation is 1. The minimum atomic E-state index is -3.54. The molecule has 2 bridgehead atoms. The number of rotatable bonds is 9. The number of aromatic nitrogens is 3. The van der Waals surface area contributed by atoms with Gasteiger partial charge in [-0.05, 0) is 129 Å². The van der Waals surface area contributed by atoms with Gasteiger partial charge >= 0.3 is 17.9 Å². The molecule has 1 saturated carbocycles. The lowest BCUT2D eigenvalue weighted by molar-refractivity contribution is -0.142. The van der Waals surface area contributed by atoms with Crippen LogP contribution in [0.5, 0.6) is 17.5 Å². The number of carboxylic acids is 2. The first-order chi connectivity index (χ1) is 44.4. The zero-order valence-electron chi connectivity index (χ0n) is 53.0. The van der Waals surface area contributed by atoms with E-state index >= 15 is 0 Å². The monoisotopic (exact) mass is 1350 g/mol. The van der Waals surface area contributed by atoms with Gasteiger partial charge in [0, 0.05) is 85.7 Å². The molecule has 94 heavy (non-hydrogen) atoms. The largest absolute Gasteiger partial charge is 0.490 e. The maximum absolute atomic E-state index is 14.7. The van der Waals surface area contributed by atoms with E-state index in [4.69, 9.17) is 64.4 Å². The molecular weight excluding hydrogens is 1250 g/mol. The molecule has 2 fully saturated rings. The Morgan fingerprint density at radius 1 is 0.872 bits per heavy atom. The van der Waals surface area contributed by atoms with Crippen molar-refractivity contribution in [2.45, 2.75) is 131 Å². The fourth-order valence-electron chi connectivity index (χ4n) is 13.5. The van der Waals surface area contributed by atoms with E-state index in [0.29, 0.717) is 138 Å². The third-order valence-electron chi connectivity index (χ3n) is 18.2. The van der Waals surface area contributed by atoms with Gasteiger partial charge in [0.1, 0.15) is 32.8 Å². The van der Waals surface area contributed by atoms with Crippen LogP contribution in [-0.2, 0) is 94.4 Å². The molecule has 24 nitrogen and oxygen atoms in total. The maximum atomic E-state index is 14.7. The molecule has 2 aromatic carbocycles. The van der Waals surface area contributed by atoms with Crippen molar-refractivity contribution in [1.29, 1.82) is 0 Å². The molecular formula is C68H92ClN7O17S. The number of carboxylic acid groups (broad SMARTS) is 2. The lowest BCUT2D eigenvalue weighted by Gasteiger charge is -2.46. The molecule has 8 aliphatic rings. The first-order valence-electron chi connectivity index (χ1n) is 31.4. The van der Waals surface area contributed by atoms with Crippen LogP contribution in [0.1, 0.15) is 136 Å². The number of fused-ring (bicyclic) bond motifs is 7. The van der Waals surface area contributed by atoms with E-state index in [9.17, 15) is 28.2 Å². The number of amides is 2. The van der Waals surface area contributed by atoms with E-state index in [1.807, 2.05) is 45.7 Å². The number of allylic oxidation sites excluding steroid dienone is 1. The van der Waals surface area contributed by atoms with Gasteiger partial charge in [-0.1, -0.05) is 51.6 Å². The zero-order chi connectivity index (χ0) is 65.3. The van der Waals surface area contributed by atoms with E-state index < -0.39 is 39.7 Å². The van der Waals surface area contributed by atoms with Gasteiger partial charge < -0.3 is 76.8 Å². The Kier molecular flexibility index (Phi) is 25.1. The molecule has 6 aliphatic heterocycles. The van der Waals surface area contributed by atoms with Crippen LogP contribution in [0.15, 0.2) is 71.2 Å². The minimum Gasteiger partial charge on any atom is -0.490 e. The Morgan fingerprint density at radius 2 is 1.57 bits per heavy atom. The second-order valence-electron chi connectivity index (χ2n) is 24.2.